The average Bonchev–Trinajstić information content (AvgIpc) is 2.73. The summed E-state index contributed by atoms with van der Waals surface area (Å²) < 4.78 is 0.824. The van der Waals surface area contributed by atoms with Gasteiger partial charge in [-0.15, -0.1) is 11.3 Å². The van der Waals surface area contributed by atoms with Gasteiger partial charge in [0.25, 0.3) is 0 Å². The van der Waals surface area contributed by atoms with Crippen molar-refractivity contribution < 1.29 is 0 Å². The molecule has 0 fully saturated rings. The van der Waals surface area contributed by atoms with Crippen molar-refractivity contribution in [3.8, 4) is 0 Å². The molecule has 0 aromatic carbocycles. The van der Waals surface area contributed by atoms with Crippen molar-refractivity contribution in [2.24, 2.45) is 5.73 Å². The van der Waals surface area contributed by atoms with Gasteiger partial charge in [-0.25, -0.2) is 0 Å². The maximum absolute atomic E-state index is 5.97. The van der Waals surface area contributed by atoms with Crippen LogP contribution in [0.5, 0.6) is 0 Å². The van der Waals surface area contributed by atoms with E-state index in [1.165, 1.54) is 4.88 Å². The predicted molar refractivity (Wildman–Crippen MR) is 83.0 cm³/mol. The molecule has 0 amide bonds. The Labute approximate surface area is 123 Å². The minimum absolute atomic E-state index is 0.504. The van der Waals surface area contributed by atoms with E-state index in [0.29, 0.717) is 6.54 Å². The van der Waals surface area contributed by atoms with Gasteiger partial charge in [0.15, 0.2) is 0 Å². The summed E-state index contributed by atoms with van der Waals surface area (Å²) in [6.07, 6.45) is 0. The number of aromatic nitrogens is 1. The summed E-state index contributed by atoms with van der Waals surface area (Å²) in [6.45, 7) is 5.35. The number of nitrogens with zero attached hydrogens (tertiary/aromatic N) is 2. The fraction of sp³-hybridized carbons (Fsp3) is 0.357. The monoisotopic (exact) mass is 295 g/mol. The summed E-state index contributed by atoms with van der Waals surface area (Å²) >= 11 is 7.58. The van der Waals surface area contributed by atoms with Crippen LogP contribution < -0.4 is 10.6 Å². The van der Waals surface area contributed by atoms with Crippen LogP contribution in [0.3, 0.4) is 0 Å². The number of pyridine rings is 1. The van der Waals surface area contributed by atoms with Crippen LogP contribution in [0.4, 0.5) is 5.69 Å². The predicted octanol–water partition coefficient (Wildman–Crippen LogP) is 3.51. The van der Waals surface area contributed by atoms with Crippen LogP contribution in [0.1, 0.15) is 21.8 Å². The van der Waals surface area contributed by atoms with Crippen LogP contribution in [0.25, 0.3) is 0 Å². The lowest BCUT2D eigenvalue weighted by Gasteiger charge is -2.23. The zero-order valence-electron chi connectivity index (χ0n) is 11.4. The second-order valence-corrected chi connectivity index (χ2v) is 6.41. The highest BCUT2D eigenvalue weighted by molar-refractivity contribution is 7.16. The Morgan fingerprint density at radius 2 is 2.11 bits per heavy atom. The third-order valence-corrected chi connectivity index (χ3v) is 4.29. The van der Waals surface area contributed by atoms with Gasteiger partial charge in [0.05, 0.1) is 10.9 Å². The number of aryl methyl sites for hydroxylation is 2. The SMILES string of the molecule is Cc1cc(N(C)Cc2ccc(Cl)s2)c(CN)c(C)n1. The zero-order chi connectivity index (χ0) is 14.0. The fourth-order valence-electron chi connectivity index (χ4n) is 2.18. The van der Waals surface area contributed by atoms with Gasteiger partial charge >= 0.3 is 0 Å². The molecule has 0 aliphatic carbocycles. The lowest BCUT2D eigenvalue weighted by atomic mass is 10.1. The van der Waals surface area contributed by atoms with Crippen molar-refractivity contribution in [1.82, 2.24) is 4.98 Å². The highest BCUT2D eigenvalue weighted by atomic mass is 35.5. The van der Waals surface area contributed by atoms with Crippen LogP contribution in [0.15, 0.2) is 18.2 Å². The minimum atomic E-state index is 0.504. The zero-order valence-corrected chi connectivity index (χ0v) is 13.0. The first-order chi connectivity index (χ1) is 9.01. The van der Waals surface area contributed by atoms with Gasteiger partial charge in [0, 0.05) is 41.1 Å². The first kappa shape index (κ1) is 14.3. The van der Waals surface area contributed by atoms with Crippen molar-refractivity contribution in [3.05, 3.63) is 44.4 Å². The summed E-state index contributed by atoms with van der Waals surface area (Å²) in [7, 11) is 2.07. The van der Waals surface area contributed by atoms with E-state index in [0.717, 1.165) is 33.5 Å². The number of halogens is 1. The molecule has 0 aliphatic heterocycles. The number of hydrogen-bond donors (Lipinski definition) is 1. The molecule has 0 radical (unpaired) electrons. The fourth-order valence-corrected chi connectivity index (χ4v) is 3.32. The third kappa shape index (κ3) is 3.26. The van der Waals surface area contributed by atoms with Gasteiger partial charge in [0.1, 0.15) is 0 Å². The third-order valence-electron chi connectivity index (χ3n) is 3.07. The van der Waals surface area contributed by atoms with Gasteiger partial charge in [-0.2, -0.15) is 0 Å². The normalized spacial score (nSPS) is 10.8. The Hall–Kier alpha value is -1.10. The van der Waals surface area contributed by atoms with Crippen molar-refractivity contribution >= 4 is 28.6 Å². The van der Waals surface area contributed by atoms with Crippen molar-refractivity contribution in [3.63, 3.8) is 0 Å². The van der Waals surface area contributed by atoms with E-state index in [2.05, 4.69) is 29.1 Å². The molecule has 2 aromatic heterocycles. The molecule has 0 aliphatic rings. The van der Waals surface area contributed by atoms with E-state index in [-0.39, 0.29) is 0 Å². The van der Waals surface area contributed by atoms with Gasteiger partial charge in [-0.3, -0.25) is 4.98 Å². The highest BCUT2D eigenvalue weighted by Gasteiger charge is 2.12. The number of thiophene rings is 1. The van der Waals surface area contributed by atoms with Gasteiger partial charge in [-0.05, 0) is 32.0 Å². The average molecular weight is 296 g/mol. The Balaban J connectivity index is 2.30. The quantitative estimate of drug-likeness (QED) is 0.938. The smallest absolute Gasteiger partial charge is 0.0931 e. The Morgan fingerprint density at radius 1 is 1.37 bits per heavy atom. The molecule has 2 heterocycles. The van der Waals surface area contributed by atoms with E-state index >= 15 is 0 Å². The van der Waals surface area contributed by atoms with Crippen LogP contribution in [0, 0.1) is 13.8 Å². The molecule has 2 aromatic rings. The molecule has 0 unspecified atom stereocenters. The lowest BCUT2D eigenvalue weighted by Crippen LogP contribution is -2.19. The number of hydrogen-bond acceptors (Lipinski definition) is 4. The summed E-state index contributed by atoms with van der Waals surface area (Å²) in [5, 5.41) is 0. The number of rotatable bonds is 4. The van der Waals surface area contributed by atoms with Crippen molar-refractivity contribution in [2.45, 2.75) is 26.9 Å². The van der Waals surface area contributed by atoms with Crippen LogP contribution in [-0.2, 0) is 13.1 Å². The van der Waals surface area contributed by atoms with Gasteiger partial charge in [0.2, 0.25) is 0 Å². The molecule has 0 saturated carbocycles. The minimum Gasteiger partial charge on any atom is -0.369 e. The molecule has 2 N–H and O–H groups in total. The number of nitrogens with two attached hydrogens (primary N) is 1. The Morgan fingerprint density at radius 3 is 2.68 bits per heavy atom. The summed E-state index contributed by atoms with van der Waals surface area (Å²) in [5.74, 6) is 0. The second-order valence-electron chi connectivity index (χ2n) is 4.61. The molecular weight excluding hydrogens is 278 g/mol. The molecule has 102 valence electrons. The van der Waals surface area contributed by atoms with Gasteiger partial charge in [-0.1, -0.05) is 11.6 Å². The molecule has 0 saturated heterocycles. The molecule has 19 heavy (non-hydrogen) atoms. The van der Waals surface area contributed by atoms with Gasteiger partial charge < -0.3 is 10.6 Å². The van der Waals surface area contributed by atoms with Crippen molar-refractivity contribution in [2.75, 3.05) is 11.9 Å². The number of anilines is 1. The summed E-state index contributed by atoms with van der Waals surface area (Å²) in [4.78, 5) is 7.91. The maximum atomic E-state index is 5.97. The standard InChI is InChI=1S/C14H18ClN3S/c1-9-6-13(12(7-16)10(2)17-9)18(3)8-11-4-5-14(15)19-11/h4-6H,7-8,16H2,1-3H3. The highest BCUT2D eigenvalue weighted by Crippen LogP contribution is 2.27. The molecule has 5 heteroatoms. The first-order valence-electron chi connectivity index (χ1n) is 6.13. The molecule has 0 bridgehead atoms. The van der Waals surface area contributed by atoms with Crippen LogP contribution >= 0.6 is 22.9 Å². The maximum Gasteiger partial charge on any atom is 0.0931 e. The van der Waals surface area contributed by atoms with E-state index in [1.54, 1.807) is 11.3 Å². The molecular formula is C14H18ClN3S. The van der Waals surface area contributed by atoms with E-state index in [1.807, 2.05) is 19.9 Å². The first-order valence-corrected chi connectivity index (χ1v) is 7.33. The van der Waals surface area contributed by atoms with Crippen LogP contribution in [-0.4, -0.2) is 12.0 Å². The lowest BCUT2D eigenvalue weighted by molar-refractivity contribution is 0.895. The second kappa shape index (κ2) is 5.90. The van der Waals surface area contributed by atoms with E-state index in [9.17, 15) is 0 Å². The molecule has 0 atom stereocenters. The molecule has 0 spiro atoms. The summed E-state index contributed by atoms with van der Waals surface area (Å²) in [6, 6.07) is 6.08. The Bertz CT molecular complexity index is 580. The Kier molecular flexibility index (Phi) is 4.45. The molecule has 2 rings (SSSR count). The van der Waals surface area contributed by atoms with Crippen molar-refractivity contribution in [1.29, 1.82) is 0 Å². The van der Waals surface area contributed by atoms with E-state index in [4.69, 9.17) is 17.3 Å². The van der Waals surface area contributed by atoms with E-state index < -0.39 is 0 Å². The summed E-state index contributed by atoms with van der Waals surface area (Å²) in [5.41, 5.74) is 10.1. The largest absolute Gasteiger partial charge is 0.369 e. The topological polar surface area (TPSA) is 42.1 Å². The molecule has 3 nitrogen and oxygen atoms in total. The van der Waals surface area contributed by atoms with Crippen LogP contribution in [0.2, 0.25) is 4.34 Å².